The zero-order chi connectivity index (χ0) is 9.80. The molecule has 3 heteroatoms. The molecular formula is C11H22N2S. The van der Waals surface area contributed by atoms with E-state index in [1.54, 1.807) is 0 Å². The predicted octanol–water partition coefficient (Wildman–Crippen LogP) is 1.42. The molecule has 3 rings (SSSR count). The van der Waals surface area contributed by atoms with Crippen molar-refractivity contribution in [1.82, 2.24) is 10.2 Å². The summed E-state index contributed by atoms with van der Waals surface area (Å²) < 4.78 is 0. The molecule has 0 amide bonds. The number of fused-ring (bicyclic) bond motifs is 3. The number of hydrogen-bond acceptors (Lipinski definition) is 3. The van der Waals surface area contributed by atoms with E-state index >= 15 is 0 Å². The number of hydrogen-bond donors (Lipinski definition) is 1. The highest BCUT2D eigenvalue weighted by molar-refractivity contribution is 7.98. The molecule has 0 aromatic rings. The summed E-state index contributed by atoms with van der Waals surface area (Å²) in [4.78, 5) is 2.62. The Morgan fingerprint density at radius 2 is 2.14 bits per heavy atom. The molecule has 82 valence electrons. The van der Waals surface area contributed by atoms with E-state index in [1.807, 2.05) is 11.8 Å². The van der Waals surface area contributed by atoms with Gasteiger partial charge < -0.3 is 10.2 Å². The first-order valence-corrected chi connectivity index (χ1v) is 7.24. The molecular weight excluding hydrogens is 192 g/mol. The van der Waals surface area contributed by atoms with Crippen LogP contribution in [-0.2, 0) is 0 Å². The molecule has 0 radical (unpaired) electrons. The highest BCUT2D eigenvalue weighted by Gasteiger charge is 2.33. The largest absolute Gasteiger partial charge is 0.312 e. The number of piperidine rings is 3. The van der Waals surface area contributed by atoms with Crippen LogP contribution in [0.25, 0.3) is 0 Å². The summed E-state index contributed by atoms with van der Waals surface area (Å²) in [5, 5.41) is 3.73. The molecule has 1 unspecified atom stereocenters. The van der Waals surface area contributed by atoms with E-state index in [1.165, 1.54) is 51.2 Å². The quantitative estimate of drug-likeness (QED) is 0.697. The molecule has 0 aromatic carbocycles. The first kappa shape index (κ1) is 10.8. The molecule has 14 heavy (non-hydrogen) atoms. The average molecular weight is 214 g/mol. The third-order valence-electron chi connectivity index (χ3n) is 3.59. The monoisotopic (exact) mass is 214 g/mol. The zero-order valence-electron chi connectivity index (χ0n) is 9.17. The summed E-state index contributed by atoms with van der Waals surface area (Å²) in [5.74, 6) is 2.28. The molecule has 1 N–H and O–H groups in total. The Morgan fingerprint density at radius 3 is 2.71 bits per heavy atom. The van der Waals surface area contributed by atoms with Gasteiger partial charge in [0.2, 0.25) is 0 Å². The number of rotatable bonds is 5. The molecule has 3 aliphatic rings. The Hall–Kier alpha value is 0.270. The first-order valence-electron chi connectivity index (χ1n) is 5.85. The Labute approximate surface area is 91.8 Å². The maximum atomic E-state index is 3.73. The lowest BCUT2D eigenvalue weighted by Gasteiger charge is -2.45. The predicted molar refractivity (Wildman–Crippen MR) is 64.0 cm³/mol. The Bertz CT molecular complexity index is 167. The van der Waals surface area contributed by atoms with E-state index in [4.69, 9.17) is 0 Å². The van der Waals surface area contributed by atoms with Crippen LogP contribution in [-0.4, -0.2) is 49.1 Å². The highest BCUT2D eigenvalue weighted by atomic mass is 32.2. The summed E-state index contributed by atoms with van der Waals surface area (Å²) in [7, 11) is 0. The van der Waals surface area contributed by atoms with Gasteiger partial charge in [-0.2, -0.15) is 11.8 Å². The fourth-order valence-corrected chi connectivity index (χ4v) is 3.13. The van der Waals surface area contributed by atoms with Crippen molar-refractivity contribution in [3.63, 3.8) is 0 Å². The molecule has 3 heterocycles. The van der Waals surface area contributed by atoms with Crippen LogP contribution in [0.1, 0.15) is 19.3 Å². The van der Waals surface area contributed by atoms with Gasteiger partial charge in [0, 0.05) is 12.6 Å². The smallest absolute Gasteiger partial charge is 0.0224 e. The number of nitrogens with zero attached hydrogens (tertiary/aromatic N) is 1. The molecule has 1 atom stereocenters. The van der Waals surface area contributed by atoms with E-state index in [2.05, 4.69) is 16.5 Å². The summed E-state index contributed by atoms with van der Waals surface area (Å²) in [6.07, 6.45) is 6.37. The van der Waals surface area contributed by atoms with Crippen molar-refractivity contribution >= 4 is 11.8 Å². The van der Waals surface area contributed by atoms with Gasteiger partial charge in [-0.15, -0.1) is 0 Å². The van der Waals surface area contributed by atoms with Crippen molar-refractivity contribution in [2.75, 3.05) is 38.2 Å². The fourth-order valence-electron chi connectivity index (χ4n) is 2.70. The summed E-state index contributed by atoms with van der Waals surface area (Å²) in [6, 6.07) is 0.805. The van der Waals surface area contributed by atoms with Crippen molar-refractivity contribution < 1.29 is 0 Å². The summed E-state index contributed by atoms with van der Waals surface area (Å²) in [6.45, 7) is 5.24. The van der Waals surface area contributed by atoms with Gasteiger partial charge in [0.25, 0.3) is 0 Å². The van der Waals surface area contributed by atoms with Crippen LogP contribution in [0.4, 0.5) is 0 Å². The fraction of sp³-hybridized carbons (Fsp3) is 1.00. The first-order chi connectivity index (χ1) is 6.90. The van der Waals surface area contributed by atoms with Crippen LogP contribution in [0.3, 0.4) is 0 Å². The van der Waals surface area contributed by atoms with Crippen LogP contribution in [0.2, 0.25) is 0 Å². The maximum Gasteiger partial charge on any atom is 0.0224 e. The minimum Gasteiger partial charge on any atom is -0.312 e. The molecule has 0 saturated carbocycles. The third-order valence-corrected chi connectivity index (χ3v) is 4.28. The van der Waals surface area contributed by atoms with Gasteiger partial charge in [0.15, 0.2) is 0 Å². The number of thioether (sulfide) groups is 1. The second-order valence-corrected chi connectivity index (χ2v) is 5.53. The molecule has 0 aromatic heterocycles. The maximum absolute atomic E-state index is 3.73. The van der Waals surface area contributed by atoms with Gasteiger partial charge in [-0.05, 0) is 56.8 Å². The van der Waals surface area contributed by atoms with Gasteiger partial charge >= 0.3 is 0 Å². The summed E-state index contributed by atoms with van der Waals surface area (Å²) in [5.41, 5.74) is 0. The normalized spacial score (nSPS) is 36.2. The van der Waals surface area contributed by atoms with E-state index in [0.717, 1.165) is 12.0 Å². The van der Waals surface area contributed by atoms with Crippen LogP contribution in [0.15, 0.2) is 0 Å². The van der Waals surface area contributed by atoms with Crippen molar-refractivity contribution in [1.29, 1.82) is 0 Å². The van der Waals surface area contributed by atoms with Crippen molar-refractivity contribution in [3.8, 4) is 0 Å². The molecule has 2 bridgehead atoms. The van der Waals surface area contributed by atoms with Crippen LogP contribution in [0.5, 0.6) is 0 Å². The van der Waals surface area contributed by atoms with E-state index in [9.17, 15) is 0 Å². The van der Waals surface area contributed by atoms with Crippen molar-refractivity contribution in [2.45, 2.75) is 25.3 Å². The van der Waals surface area contributed by atoms with Gasteiger partial charge in [0.1, 0.15) is 0 Å². The Balaban J connectivity index is 1.66. The minimum absolute atomic E-state index is 0.805. The standard InChI is InChI=1S/C11H22N2S/c1-14-8-2-5-12-11-9-13-6-3-10(11)4-7-13/h10-12H,2-9H2,1H3. The van der Waals surface area contributed by atoms with Gasteiger partial charge in [-0.25, -0.2) is 0 Å². The lowest BCUT2D eigenvalue weighted by atomic mass is 9.84. The van der Waals surface area contributed by atoms with Gasteiger partial charge in [0.05, 0.1) is 0 Å². The van der Waals surface area contributed by atoms with Crippen molar-refractivity contribution in [3.05, 3.63) is 0 Å². The molecule has 3 aliphatic heterocycles. The molecule has 3 saturated heterocycles. The van der Waals surface area contributed by atoms with E-state index < -0.39 is 0 Å². The van der Waals surface area contributed by atoms with Gasteiger partial charge in [-0.1, -0.05) is 0 Å². The summed E-state index contributed by atoms with van der Waals surface area (Å²) >= 11 is 1.95. The molecule has 3 fully saturated rings. The third kappa shape index (κ3) is 2.65. The minimum atomic E-state index is 0.805. The van der Waals surface area contributed by atoms with Crippen molar-refractivity contribution in [2.24, 2.45) is 5.92 Å². The topological polar surface area (TPSA) is 15.3 Å². The molecule has 2 nitrogen and oxygen atoms in total. The lowest BCUT2D eigenvalue weighted by molar-refractivity contribution is 0.0730. The molecule has 0 spiro atoms. The lowest BCUT2D eigenvalue weighted by Crippen LogP contribution is -2.56. The second-order valence-electron chi connectivity index (χ2n) is 4.55. The van der Waals surface area contributed by atoms with Crippen LogP contribution < -0.4 is 5.32 Å². The number of nitrogens with one attached hydrogen (secondary N) is 1. The van der Waals surface area contributed by atoms with Gasteiger partial charge in [-0.3, -0.25) is 0 Å². The van der Waals surface area contributed by atoms with Crippen LogP contribution in [0, 0.1) is 5.92 Å². The van der Waals surface area contributed by atoms with Crippen LogP contribution >= 0.6 is 11.8 Å². The Kier molecular flexibility index (Phi) is 4.14. The SMILES string of the molecule is CSCCCNC1CN2CCC1CC2. The average Bonchev–Trinajstić information content (AvgIpc) is 2.26. The zero-order valence-corrected chi connectivity index (χ0v) is 9.98. The van der Waals surface area contributed by atoms with E-state index in [-0.39, 0.29) is 0 Å². The Morgan fingerprint density at radius 1 is 1.36 bits per heavy atom. The second kappa shape index (κ2) is 5.38. The highest BCUT2D eigenvalue weighted by Crippen LogP contribution is 2.27. The van der Waals surface area contributed by atoms with E-state index in [0.29, 0.717) is 0 Å². The molecule has 0 aliphatic carbocycles.